The molecule has 5 unspecified atom stereocenters. The quantitative estimate of drug-likeness (QED) is 0.309. The van der Waals surface area contributed by atoms with Crippen LogP contribution >= 0.6 is 0 Å². The molecule has 1 heteroatoms. The molecule has 11 atom stereocenters. The lowest BCUT2D eigenvalue weighted by atomic mass is 9.32. The Balaban J connectivity index is 0.00000110. The summed E-state index contributed by atoms with van der Waals surface area (Å²) in [5.74, 6) is 5.32. The monoisotopic (exact) mass is 570 g/mol. The molecule has 1 nitrogen and oxygen atoms in total. The minimum atomic E-state index is 0.245. The average Bonchev–Trinajstić information content (AvgIpc) is 3.28. The second-order valence-electron chi connectivity index (χ2n) is 16.1. The van der Waals surface area contributed by atoms with E-state index in [1.54, 1.807) is 0 Å². The van der Waals surface area contributed by atoms with Crippen molar-refractivity contribution in [2.75, 3.05) is 0 Å². The molecular formula is C40H75N. The highest BCUT2D eigenvalue weighted by molar-refractivity contribution is 5.21. The molecule has 0 spiro atoms. The molecule has 4 saturated carbocycles. The molecule has 0 aromatic heterocycles. The van der Waals surface area contributed by atoms with Crippen molar-refractivity contribution in [3.05, 3.63) is 11.6 Å². The van der Waals surface area contributed by atoms with Gasteiger partial charge in [-0.15, -0.1) is 0 Å². The third-order valence-electron chi connectivity index (χ3n) is 13.3. The highest BCUT2D eigenvalue weighted by Gasteiger charge is 2.71. The second-order valence-corrected chi connectivity index (χ2v) is 16.1. The van der Waals surface area contributed by atoms with Crippen LogP contribution in [0.3, 0.4) is 0 Å². The van der Waals surface area contributed by atoms with E-state index in [9.17, 15) is 5.26 Å². The maximum absolute atomic E-state index is 10.6. The Morgan fingerprint density at radius 1 is 0.927 bits per heavy atom. The molecular weight excluding hydrogens is 494 g/mol. The van der Waals surface area contributed by atoms with Gasteiger partial charge in [0.2, 0.25) is 0 Å². The number of nitrogens with zero attached hydrogens (tertiary/aromatic N) is 1. The normalized spacial score (nSPS) is 42.5. The fourth-order valence-electron chi connectivity index (χ4n) is 11.5. The molecule has 4 aliphatic rings. The largest absolute Gasteiger partial charge is 0.198 e. The summed E-state index contributed by atoms with van der Waals surface area (Å²) in [6.45, 7) is 37.5. The van der Waals surface area contributed by atoms with Gasteiger partial charge in [0, 0.05) is 0 Å². The molecule has 0 heterocycles. The maximum Gasteiger partial charge on any atom is 0.0659 e. The number of nitriles is 1. The second kappa shape index (κ2) is 15.3. The lowest BCUT2D eigenvalue weighted by molar-refractivity contribution is -0.238. The van der Waals surface area contributed by atoms with Gasteiger partial charge in [-0.2, -0.15) is 5.26 Å². The van der Waals surface area contributed by atoms with E-state index in [1.807, 2.05) is 27.7 Å². The molecule has 0 N–H and O–H groups in total. The van der Waals surface area contributed by atoms with Crippen LogP contribution in [-0.2, 0) is 0 Å². The molecule has 0 aromatic carbocycles. The van der Waals surface area contributed by atoms with Crippen LogP contribution in [0.2, 0.25) is 0 Å². The maximum atomic E-state index is 10.6. The topological polar surface area (TPSA) is 23.8 Å². The third-order valence-corrected chi connectivity index (χ3v) is 13.3. The lowest BCUT2D eigenvalue weighted by Gasteiger charge is -2.72. The third kappa shape index (κ3) is 6.83. The van der Waals surface area contributed by atoms with Crippen LogP contribution in [0.25, 0.3) is 0 Å². The van der Waals surface area contributed by atoms with Crippen molar-refractivity contribution in [3.8, 4) is 6.07 Å². The Labute approximate surface area is 260 Å². The minimum Gasteiger partial charge on any atom is -0.198 e. The van der Waals surface area contributed by atoms with Gasteiger partial charge >= 0.3 is 0 Å². The zero-order valence-corrected chi connectivity index (χ0v) is 31.0. The van der Waals surface area contributed by atoms with Gasteiger partial charge in [0.1, 0.15) is 0 Å². The smallest absolute Gasteiger partial charge is 0.0659 e. The van der Waals surface area contributed by atoms with Crippen molar-refractivity contribution >= 4 is 0 Å². The molecule has 4 rings (SSSR count). The van der Waals surface area contributed by atoms with Crippen molar-refractivity contribution in [3.63, 3.8) is 0 Å². The van der Waals surface area contributed by atoms with E-state index in [-0.39, 0.29) is 5.92 Å². The zero-order chi connectivity index (χ0) is 32.0. The first-order valence-corrected chi connectivity index (χ1v) is 18.2. The van der Waals surface area contributed by atoms with Crippen molar-refractivity contribution in [2.24, 2.45) is 69.0 Å². The molecule has 0 bridgehead atoms. The lowest BCUT2D eigenvalue weighted by Crippen LogP contribution is -2.66. The van der Waals surface area contributed by atoms with Gasteiger partial charge in [0.15, 0.2) is 0 Å². The average molecular weight is 570 g/mol. The van der Waals surface area contributed by atoms with E-state index in [0.29, 0.717) is 33.5 Å². The Kier molecular flexibility index (Phi) is 14.3. The van der Waals surface area contributed by atoms with E-state index in [4.69, 9.17) is 0 Å². The molecule has 4 fully saturated rings. The minimum absolute atomic E-state index is 0.245. The van der Waals surface area contributed by atoms with Gasteiger partial charge in [0.25, 0.3) is 0 Å². The van der Waals surface area contributed by atoms with Crippen LogP contribution in [0.5, 0.6) is 0 Å². The number of allylic oxidation sites excluding steroid dienone is 2. The SMILES string of the molecule is CC.CC.CC(C)=CCCC(C)C1CC[C@]2(C)C1[C@H](C#N)CC1[C@@]3(C)CC[C@H](C)C(C)(C)C3[C@@H](C)C[C@]12C.CCC. The van der Waals surface area contributed by atoms with Crippen LogP contribution in [0.4, 0.5) is 0 Å². The van der Waals surface area contributed by atoms with Crippen molar-refractivity contribution in [1.82, 2.24) is 0 Å². The van der Waals surface area contributed by atoms with Gasteiger partial charge < -0.3 is 0 Å². The van der Waals surface area contributed by atoms with Gasteiger partial charge in [-0.25, -0.2) is 0 Å². The number of fused-ring (bicyclic) bond motifs is 5. The number of rotatable bonds is 4. The fraction of sp³-hybridized carbons (Fsp3) is 0.925. The first-order chi connectivity index (χ1) is 19.2. The molecule has 240 valence electrons. The molecule has 0 amide bonds. The molecule has 4 aliphatic carbocycles. The van der Waals surface area contributed by atoms with E-state index in [2.05, 4.69) is 95.2 Å². The predicted molar refractivity (Wildman–Crippen MR) is 184 cm³/mol. The zero-order valence-electron chi connectivity index (χ0n) is 31.0. The number of hydrogen-bond acceptors (Lipinski definition) is 1. The number of hydrogen-bond donors (Lipinski definition) is 0. The van der Waals surface area contributed by atoms with Crippen LogP contribution in [-0.4, -0.2) is 0 Å². The van der Waals surface area contributed by atoms with Crippen molar-refractivity contribution in [2.45, 2.75) is 169 Å². The summed E-state index contributed by atoms with van der Waals surface area (Å²) in [6, 6.07) is 2.95. The van der Waals surface area contributed by atoms with Gasteiger partial charge in [-0.1, -0.05) is 115 Å². The summed E-state index contributed by atoms with van der Waals surface area (Å²) in [6.07, 6.45) is 14.1. The highest BCUT2D eigenvalue weighted by Crippen LogP contribution is 2.77. The van der Waals surface area contributed by atoms with Crippen LogP contribution in [0.1, 0.15) is 169 Å². The van der Waals surface area contributed by atoms with Gasteiger partial charge in [-0.3, -0.25) is 0 Å². The summed E-state index contributed by atoms with van der Waals surface area (Å²) in [5, 5.41) is 10.6. The highest BCUT2D eigenvalue weighted by atomic mass is 14.8. The van der Waals surface area contributed by atoms with E-state index >= 15 is 0 Å². The van der Waals surface area contributed by atoms with Crippen LogP contribution < -0.4 is 0 Å². The van der Waals surface area contributed by atoms with Crippen molar-refractivity contribution < 1.29 is 0 Å². The summed E-state index contributed by atoms with van der Waals surface area (Å²) >= 11 is 0. The molecule has 0 saturated heterocycles. The Morgan fingerprint density at radius 3 is 2.00 bits per heavy atom. The summed E-state index contributed by atoms with van der Waals surface area (Å²) in [4.78, 5) is 0. The van der Waals surface area contributed by atoms with E-state index in [0.717, 1.165) is 36.0 Å². The van der Waals surface area contributed by atoms with Crippen molar-refractivity contribution in [1.29, 1.82) is 5.26 Å². The Bertz CT molecular complexity index is 857. The first-order valence-electron chi connectivity index (χ1n) is 18.2. The molecule has 41 heavy (non-hydrogen) atoms. The fourth-order valence-corrected chi connectivity index (χ4v) is 11.5. The first kappa shape index (κ1) is 38.3. The molecule has 0 aromatic rings. The standard InChI is InChI=1S/C33H55N.C3H8.2C2H6/c1-21(2)12-11-13-22(3)26-15-17-32(9)28(26)25(20-34)18-27-31(8)16-14-24(5)30(6,7)29(31)23(4)19-33(27,32)10;1-3-2;2*1-2/h12,22-29H,11,13-19H2,1-10H3;3H2,1-2H3;2*1-2H3/t22?,23-,24-,25-,26?,27?,28?,29?,31+,32+,33+;;;/m0.../s1. The van der Waals surface area contributed by atoms with Gasteiger partial charge in [-0.05, 0) is 128 Å². The van der Waals surface area contributed by atoms with Crippen LogP contribution in [0, 0.1) is 80.3 Å². The molecule has 0 radical (unpaired) electrons. The van der Waals surface area contributed by atoms with E-state index < -0.39 is 0 Å². The predicted octanol–water partition coefficient (Wildman–Crippen LogP) is 13.2. The summed E-state index contributed by atoms with van der Waals surface area (Å²) in [5.41, 5.74) is 2.88. The van der Waals surface area contributed by atoms with E-state index in [1.165, 1.54) is 56.9 Å². The Hall–Kier alpha value is -0.770. The summed E-state index contributed by atoms with van der Waals surface area (Å²) in [7, 11) is 0. The summed E-state index contributed by atoms with van der Waals surface area (Å²) < 4.78 is 0. The Morgan fingerprint density at radius 2 is 1.49 bits per heavy atom. The van der Waals surface area contributed by atoms with Crippen LogP contribution in [0.15, 0.2) is 11.6 Å². The molecule has 0 aliphatic heterocycles. The van der Waals surface area contributed by atoms with Gasteiger partial charge in [0.05, 0.1) is 12.0 Å².